The number of aliphatic hydroxyl groups excluding tert-OH is 1. The van der Waals surface area contributed by atoms with Gasteiger partial charge in [-0.25, -0.2) is 0 Å². The lowest BCUT2D eigenvalue weighted by atomic mass is 10.0. The number of benzene rings is 1. The summed E-state index contributed by atoms with van der Waals surface area (Å²) in [6.07, 6.45) is 0.566. The van der Waals surface area contributed by atoms with Gasteiger partial charge in [-0.2, -0.15) is 0 Å². The highest BCUT2D eigenvalue weighted by Gasteiger charge is 2.23. The molecule has 2 unspecified atom stereocenters. The highest BCUT2D eigenvalue weighted by molar-refractivity contribution is 5.98. The molecule has 1 aromatic rings. The molecule has 0 aromatic heterocycles. The zero-order valence-electron chi connectivity index (χ0n) is 14.4. The average Bonchev–Trinajstić information content (AvgIpc) is 2.51. The van der Waals surface area contributed by atoms with Crippen LogP contribution in [0.2, 0.25) is 0 Å². The second kappa shape index (κ2) is 9.30. The Labute approximate surface area is 138 Å². The Bertz CT molecular complexity index is 529. The predicted molar refractivity (Wildman–Crippen MR) is 91.1 cm³/mol. The molecule has 0 heterocycles. The normalized spacial score (nSPS) is 13.5. The third-order valence-electron chi connectivity index (χ3n) is 3.66. The van der Waals surface area contributed by atoms with Gasteiger partial charge in [0.1, 0.15) is 6.04 Å². The van der Waals surface area contributed by atoms with Crippen LogP contribution in [-0.4, -0.2) is 36.1 Å². The van der Waals surface area contributed by atoms with Gasteiger partial charge in [0.05, 0.1) is 0 Å². The first-order chi connectivity index (χ1) is 10.8. The molecule has 0 saturated heterocycles. The van der Waals surface area contributed by atoms with Crippen LogP contribution in [0.1, 0.15) is 43.1 Å². The van der Waals surface area contributed by atoms with Crippen LogP contribution in [0.4, 0.5) is 0 Å². The van der Waals surface area contributed by atoms with Crippen LogP contribution < -0.4 is 10.6 Å². The molecule has 128 valence electrons. The van der Waals surface area contributed by atoms with Gasteiger partial charge in [0.25, 0.3) is 5.91 Å². The molecule has 23 heavy (non-hydrogen) atoms. The molecule has 0 saturated carbocycles. The minimum absolute atomic E-state index is 0.00859. The fraction of sp³-hybridized carbons (Fsp3) is 0.556. The quantitative estimate of drug-likeness (QED) is 0.684. The number of carbonyl (C=O) groups excluding carboxylic acids is 2. The molecule has 0 aliphatic heterocycles. The van der Waals surface area contributed by atoms with E-state index in [-0.39, 0.29) is 30.3 Å². The predicted octanol–water partition coefficient (Wildman–Crippen LogP) is 1.88. The Morgan fingerprint density at radius 2 is 1.83 bits per heavy atom. The van der Waals surface area contributed by atoms with E-state index in [1.54, 1.807) is 6.07 Å². The summed E-state index contributed by atoms with van der Waals surface area (Å²) < 4.78 is 0. The molecule has 3 N–H and O–H groups in total. The number of rotatable bonds is 8. The Balaban J connectivity index is 2.76. The van der Waals surface area contributed by atoms with Crippen molar-refractivity contribution in [2.75, 3.05) is 13.2 Å². The lowest BCUT2D eigenvalue weighted by Crippen LogP contribution is -2.48. The fourth-order valence-electron chi connectivity index (χ4n) is 2.23. The minimum atomic E-state index is -0.576. The summed E-state index contributed by atoms with van der Waals surface area (Å²) >= 11 is 0. The highest BCUT2D eigenvalue weighted by Crippen LogP contribution is 2.10. The summed E-state index contributed by atoms with van der Waals surface area (Å²) in [5.41, 5.74) is 1.46. The molecule has 0 fully saturated rings. The Morgan fingerprint density at radius 1 is 1.17 bits per heavy atom. The second-order valence-corrected chi connectivity index (χ2v) is 6.50. The van der Waals surface area contributed by atoms with Gasteiger partial charge in [0, 0.05) is 18.7 Å². The van der Waals surface area contributed by atoms with Crippen molar-refractivity contribution in [2.24, 2.45) is 11.8 Å². The first-order valence-corrected chi connectivity index (χ1v) is 8.10. The van der Waals surface area contributed by atoms with Gasteiger partial charge in [0.15, 0.2) is 0 Å². The van der Waals surface area contributed by atoms with Gasteiger partial charge in [-0.05, 0) is 36.8 Å². The zero-order valence-corrected chi connectivity index (χ0v) is 14.4. The molecule has 1 aromatic carbocycles. The van der Waals surface area contributed by atoms with Crippen molar-refractivity contribution in [1.29, 1.82) is 0 Å². The molecule has 5 nitrogen and oxygen atoms in total. The summed E-state index contributed by atoms with van der Waals surface area (Å²) in [6.45, 7) is 8.15. The third-order valence-corrected chi connectivity index (χ3v) is 3.66. The van der Waals surface area contributed by atoms with Gasteiger partial charge >= 0.3 is 0 Å². The maximum absolute atomic E-state index is 12.4. The standard InChI is InChI=1S/C18H28N2O3/c1-12(2)9-16(18(23)19-10-13(3)11-21)20-17(22)15-8-6-5-7-14(15)4/h5-8,12-13,16,21H,9-11H2,1-4H3,(H,19,23)(H,20,22). The number of hydrogen-bond donors (Lipinski definition) is 3. The molecule has 2 amide bonds. The number of aliphatic hydroxyl groups is 1. The third kappa shape index (κ3) is 6.40. The van der Waals surface area contributed by atoms with Gasteiger partial charge in [-0.1, -0.05) is 39.0 Å². The van der Waals surface area contributed by atoms with Crippen LogP contribution in [-0.2, 0) is 4.79 Å². The van der Waals surface area contributed by atoms with Crippen LogP contribution in [0.3, 0.4) is 0 Å². The molecule has 0 bridgehead atoms. The van der Waals surface area contributed by atoms with Crippen LogP contribution in [0.5, 0.6) is 0 Å². The van der Waals surface area contributed by atoms with Crippen molar-refractivity contribution in [3.05, 3.63) is 35.4 Å². The molecule has 0 aliphatic carbocycles. The van der Waals surface area contributed by atoms with Gasteiger partial charge < -0.3 is 15.7 Å². The molecule has 0 radical (unpaired) electrons. The van der Waals surface area contributed by atoms with E-state index in [4.69, 9.17) is 5.11 Å². The van der Waals surface area contributed by atoms with E-state index in [9.17, 15) is 9.59 Å². The molecule has 5 heteroatoms. The van der Waals surface area contributed by atoms with Crippen LogP contribution in [0, 0.1) is 18.8 Å². The van der Waals surface area contributed by atoms with Crippen molar-refractivity contribution in [3.63, 3.8) is 0 Å². The lowest BCUT2D eigenvalue weighted by molar-refractivity contribution is -0.123. The lowest BCUT2D eigenvalue weighted by Gasteiger charge is -2.21. The summed E-state index contributed by atoms with van der Waals surface area (Å²) in [7, 11) is 0. The maximum Gasteiger partial charge on any atom is 0.252 e. The second-order valence-electron chi connectivity index (χ2n) is 6.50. The fourth-order valence-corrected chi connectivity index (χ4v) is 2.23. The van der Waals surface area contributed by atoms with E-state index in [1.165, 1.54) is 0 Å². The van der Waals surface area contributed by atoms with E-state index in [0.717, 1.165) is 5.56 Å². The zero-order chi connectivity index (χ0) is 17.4. The monoisotopic (exact) mass is 320 g/mol. The summed E-state index contributed by atoms with van der Waals surface area (Å²) in [5.74, 6) is -0.177. The van der Waals surface area contributed by atoms with E-state index in [1.807, 2.05) is 45.9 Å². The van der Waals surface area contributed by atoms with Crippen LogP contribution in [0.15, 0.2) is 24.3 Å². The van der Waals surface area contributed by atoms with Crippen molar-refractivity contribution in [1.82, 2.24) is 10.6 Å². The summed E-state index contributed by atoms with van der Waals surface area (Å²) in [5, 5.41) is 14.7. The molecule has 0 spiro atoms. The molecular weight excluding hydrogens is 292 g/mol. The van der Waals surface area contributed by atoms with Crippen molar-refractivity contribution >= 4 is 11.8 Å². The van der Waals surface area contributed by atoms with Crippen molar-refractivity contribution < 1.29 is 14.7 Å². The average molecular weight is 320 g/mol. The van der Waals surface area contributed by atoms with E-state index in [2.05, 4.69) is 10.6 Å². The topological polar surface area (TPSA) is 78.4 Å². The molecular formula is C18H28N2O3. The number of amides is 2. The smallest absolute Gasteiger partial charge is 0.252 e. The maximum atomic E-state index is 12.4. The molecule has 2 atom stereocenters. The van der Waals surface area contributed by atoms with Gasteiger partial charge in [-0.15, -0.1) is 0 Å². The minimum Gasteiger partial charge on any atom is -0.396 e. The molecule has 1 rings (SSSR count). The van der Waals surface area contributed by atoms with Crippen LogP contribution >= 0.6 is 0 Å². The van der Waals surface area contributed by atoms with Crippen molar-refractivity contribution in [3.8, 4) is 0 Å². The summed E-state index contributed by atoms with van der Waals surface area (Å²) in [6, 6.07) is 6.73. The summed E-state index contributed by atoms with van der Waals surface area (Å²) in [4.78, 5) is 24.8. The van der Waals surface area contributed by atoms with Gasteiger partial charge in [0.2, 0.25) is 5.91 Å². The number of aryl methyl sites for hydroxylation is 1. The largest absolute Gasteiger partial charge is 0.396 e. The van der Waals surface area contributed by atoms with E-state index in [0.29, 0.717) is 18.5 Å². The number of carbonyl (C=O) groups is 2. The number of nitrogens with one attached hydrogen (secondary N) is 2. The first kappa shape index (κ1) is 19.2. The highest BCUT2D eigenvalue weighted by atomic mass is 16.3. The van der Waals surface area contributed by atoms with Crippen molar-refractivity contribution in [2.45, 2.75) is 40.2 Å². The Hall–Kier alpha value is -1.88. The van der Waals surface area contributed by atoms with E-state index >= 15 is 0 Å². The Morgan fingerprint density at radius 3 is 2.39 bits per heavy atom. The van der Waals surface area contributed by atoms with E-state index < -0.39 is 6.04 Å². The number of hydrogen-bond acceptors (Lipinski definition) is 3. The first-order valence-electron chi connectivity index (χ1n) is 8.10. The van der Waals surface area contributed by atoms with Gasteiger partial charge in [-0.3, -0.25) is 9.59 Å². The van der Waals surface area contributed by atoms with Crippen LogP contribution in [0.25, 0.3) is 0 Å². The molecule has 0 aliphatic rings. The SMILES string of the molecule is Cc1ccccc1C(=O)NC(CC(C)C)C(=O)NCC(C)CO. The Kier molecular flexibility index (Phi) is 7.75.